The number of rotatable bonds is 3. The first kappa shape index (κ1) is 17.2. The van der Waals surface area contributed by atoms with Crippen LogP contribution >= 0.6 is 22.9 Å². The zero-order chi connectivity index (χ0) is 16.5. The minimum atomic E-state index is -0.419. The van der Waals surface area contributed by atoms with E-state index in [1.54, 1.807) is 23.5 Å². The highest BCUT2D eigenvalue weighted by Gasteiger charge is 2.20. The smallest absolute Gasteiger partial charge is 0.190 e. The SMILES string of the molecule is CC(C)Cn1c(C(C)(C)C)csc1=Nc1ccc(F)c(Cl)c1. The lowest BCUT2D eigenvalue weighted by Crippen LogP contribution is -2.26. The Balaban J connectivity index is 2.56. The summed E-state index contributed by atoms with van der Waals surface area (Å²) in [4.78, 5) is 5.58. The fourth-order valence-corrected chi connectivity index (χ4v) is 3.54. The van der Waals surface area contributed by atoms with Gasteiger partial charge in [0.15, 0.2) is 4.80 Å². The molecule has 1 aromatic carbocycles. The van der Waals surface area contributed by atoms with Gasteiger partial charge in [-0.2, -0.15) is 0 Å². The Bertz CT molecular complexity index is 723. The van der Waals surface area contributed by atoms with Gasteiger partial charge in [0.1, 0.15) is 5.82 Å². The topological polar surface area (TPSA) is 17.3 Å². The van der Waals surface area contributed by atoms with Gasteiger partial charge in [0.25, 0.3) is 0 Å². The summed E-state index contributed by atoms with van der Waals surface area (Å²) in [5.74, 6) is 0.101. The van der Waals surface area contributed by atoms with Crippen LogP contribution in [0.1, 0.15) is 40.3 Å². The van der Waals surface area contributed by atoms with Gasteiger partial charge in [-0.1, -0.05) is 46.2 Å². The van der Waals surface area contributed by atoms with Gasteiger partial charge in [0.05, 0.1) is 10.7 Å². The summed E-state index contributed by atoms with van der Waals surface area (Å²) in [5.41, 5.74) is 1.99. The van der Waals surface area contributed by atoms with E-state index in [1.807, 2.05) is 0 Å². The van der Waals surface area contributed by atoms with Crippen molar-refractivity contribution in [1.29, 1.82) is 0 Å². The van der Waals surface area contributed by atoms with Crippen LogP contribution in [0.15, 0.2) is 28.6 Å². The number of nitrogens with zero attached hydrogens (tertiary/aromatic N) is 2. The van der Waals surface area contributed by atoms with Crippen molar-refractivity contribution in [3.63, 3.8) is 0 Å². The van der Waals surface area contributed by atoms with Crippen LogP contribution in [0.5, 0.6) is 0 Å². The van der Waals surface area contributed by atoms with Crippen LogP contribution in [0.25, 0.3) is 0 Å². The summed E-state index contributed by atoms with van der Waals surface area (Å²) >= 11 is 7.45. The molecule has 2 aromatic rings. The molecule has 2 rings (SSSR count). The van der Waals surface area contributed by atoms with Gasteiger partial charge >= 0.3 is 0 Å². The Kier molecular flexibility index (Phi) is 5.13. The van der Waals surface area contributed by atoms with E-state index in [0.717, 1.165) is 11.3 Å². The maximum atomic E-state index is 13.3. The van der Waals surface area contributed by atoms with Gasteiger partial charge in [-0.25, -0.2) is 9.38 Å². The minimum absolute atomic E-state index is 0.0552. The number of benzene rings is 1. The lowest BCUT2D eigenvalue weighted by molar-refractivity contribution is 0.453. The van der Waals surface area contributed by atoms with Gasteiger partial charge < -0.3 is 4.57 Å². The largest absolute Gasteiger partial charge is 0.320 e. The van der Waals surface area contributed by atoms with E-state index >= 15 is 0 Å². The average molecular weight is 341 g/mol. The lowest BCUT2D eigenvalue weighted by Gasteiger charge is -2.22. The molecule has 0 saturated carbocycles. The Hall–Kier alpha value is -1.13. The first-order chi connectivity index (χ1) is 10.2. The molecule has 0 unspecified atom stereocenters. The molecule has 0 fully saturated rings. The summed E-state index contributed by atoms with van der Waals surface area (Å²) in [6.07, 6.45) is 0. The zero-order valence-corrected chi connectivity index (χ0v) is 15.2. The van der Waals surface area contributed by atoms with Crippen molar-refractivity contribution in [3.05, 3.63) is 44.9 Å². The molecule has 5 heteroatoms. The van der Waals surface area contributed by atoms with E-state index in [4.69, 9.17) is 11.6 Å². The monoisotopic (exact) mass is 340 g/mol. The average Bonchev–Trinajstić information content (AvgIpc) is 2.76. The molecule has 0 bridgehead atoms. The number of halogens is 2. The van der Waals surface area contributed by atoms with Gasteiger partial charge in [0.2, 0.25) is 0 Å². The quantitative estimate of drug-likeness (QED) is 0.699. The Morgan fingerprint density at radius 3 is 2.55 bits per heavy atom. The maximum Gasteiger partial charge on any atom is 0.190 e. The van der Waals surface area contributed by atoms with E-state index in [1.165, 1.54) is 11.8 Å². The molecular weight excluding hydrogens is 319 g/mol. The maximum absolute atomic E-state index is 13.3. The van der Waals surface area contributed by atoms with Crippen molar-refractivity contribution in [1.82, 2.24) is 4.57 Å². The van der Waals surface area contributed by atoms with Gasteiger partial charge in [-0.15, -0.1) is 11.3 Å². The third-order valence-corrected chi connectivity index (χ3v) is 4.39. The van der Waals surface area contributed by atoms with Crippen LogP contribution in [-0.4, -0.2) is 4.57 Å². The summed E-state index contributed by atoms with van der Waals surface area (Å²) in [6.45, 7) is 11.9. The van der Waals surface area contributed by atoms with Gasteiger partial charge in [-0.3, -0.25) is 0 Å². The van der Waals surface area contributed by atoms with Crippen molar-refractivity contribution in [2.24, 2.45) is 10.9 Å². The van der Waals surface area contributed by atoms with Crippen LogP contribution < -0.4 is 4.80 Å². The van der Waals surface area contributed by atoms with Crippen LogP contribution in [0.4, 0.5) is 10.1 Å². The summed E-state index contributed by atoms with van der Waals surface area (Å²) in [5, 5.41) is 2.26. The Morgan fingerprint density at radius 2 is 2.00 bits per heavy atom. The molecule has 0 aliphatic heterocycles. The molecule has 1 heterocycles. The van der Waals surface area contributed by atoms with Crippen molar-refractivity contribution < 1.29 is 4.39 Å². The van der Waals surface area contributed by atoms with Crippen LogP contribution in [0.2, 0.25) is 5.02 Å². The molecule has 0 amide bonds. The van der Waals surface area contributed by atoms with E-state index in [2.05, 4.69) is 49.6 Å². The normalized spacial score (nSPS) is 13.2. The van der Waals surface area contributed by atoms with Crippen molar-refractivity contribution in [2.45, 2.75) is 46.6 Å². The molecule has 0 N–H and O–H groups in total. The third-order valence-electron chi connectivity index (χ3n) is 3.24. The Labute approximate surface area is 140 Å². The van der Waals surface area contributed by atoms with Crippen LogP contribution in [-0.2, 0) is 12.0 Å². The fourth-order valence-electron chi connectivity index (χ4n) is 2.21. The fraction of sp³-hybridized carbons (Fsp3) is 0.471. The van der Waals surface area contributed by atoms with Crippen molar-refractivity contribution >= 4 is 28.6 Å². The molecule has 0 spiro atoms. The van der Waals surface area contributed by atoms with Gasteiger partial charge in [0, 0.05) is 23.0 Å². The molecule has 22 heavy (non-hydrogen) atoms. The van der Waals surface area contributed by atoms with E-state index in [0.29, 0.717) is 11.6 Å². The second-order valence-electron chi connectivity index (χ2n) is 6.87. The number of hydrogen-bond acceptors (Lipinski definition) is 2. The zero-order valence-electron chi connectivity index (χ0n) is 13.7. The van der Waals surface area contributed by atoms with Crippen LogP contribution in [0.3, 0.4) is 0 Å². The standard InChI is InChI=1S/C17H22ClFN2S/c1-11(2)9-21-15(17(3,4)5)10-22-16(21)20-12-6-7-14(19)13(18)8-12/h6-8,10-11H,9H2,1-5H3. The summed E-state index contributed by atoms with van der Waals surface area (Å²) in [6, 6.07) is 4.57. The summed E-state index contributed by atoms with van der Waals surface area (Å²) < 4.78 is 15.5. The number of hydrogen-bond donors (Lipinski definition) is 0. The van der Waals surface area contributed by atoms with Gasteiger partial charge in [-0.05, 0) is 24.1 Å². The highest BCUT2D eigenvalue weighted by Crippen LogP contribution is 2.25. The molecule has 0 saturated heterocycles. The molecule has 0 atom stereocenters. The Morgan fingerprint density at radius 1 is 1.32 bits per heavy atom. The molecule has 0 radical (unpaired) electrons. The molecule has 0 aliphatic rings. The first-order valence-corrected chi connectivity index (χ1v) is 8.63. The van der Waals surface area contributed by atoms with E-state index < -0.39 is 5.82 Å². The minimum Gasteiger partial charge on any atom is -0.320 e. The second kappa shape index (κ2) is 6.55. The predicted octanol–water partition coefficient (Wildman–Crippen LogP) is 5.53. The molecule has 1 aromatic heterocycles. The highest BCUT2D eigenvalue weighted by atomic mass is 35.5. The molecular formula is C17H22ClFN2S. The van der Waals surface area contributed by atoms with E-state index in [-0.39, 0.29) is 10.4 Å². The molecule has 0 aliphatic carbocycles. The van der Waals surface area contributed by atoms with Crippen molar-refractivity contribution in [2.75, 3.05) is 0 Å². The first-order valence-electron chi connectivity index (χ1n) is 7.37. The van der Waals surface area contributed by atoms with Crippen molar-refractivity contribution in [3.8, 4) is 0 Å². The summed E-state index contributed by atoms with van der Waals surface area (Å²) in [7, 11) is 0. The predicted molar refractivity (Wildman–Crippen MR) is 92.5 cm³/mol. The van der Waals surface area contributed by atoms with Crippen LogP contribution in [0, 0.1) is 11.7 Å². The van der Waals surface area contributed by atoms with E-state index in [9.17, 15) is 4.39 Å². The number of aromatic nitrogens is 1. The third kappa shape index (κ3) is 3.99. The molecule has 2 nitrogen and oxygen atoms in total. The molecule has 120 valence electrons. The highest BCUT2D eigenvalue weighted by molar-refractivity contribution is 7.07. The number of thiazole rings is 1. The second-order valence-corrected chi connectivity index (χ2v) is 8.11. The lowest BCUT2D eigenvalue weighted by atomic mass is 9.92.